The van der Waals surface area contributed by atoms with Crippen LogP contribution >= 0.6 is 0 Å². The molecule has 0 radical (unpaired) electrons. The molecule has 1 amide bonds. The standard InChI is InChI=1S/C13H28N2O2/c1-5-7-8-9-15-12(16)11(3)17-13(4,6-2)10-14/h11H,5-10,14H2,1-4H3,(H,15,16). The number of rotatable bonds is 9. The van der Waals surface area contributed by atoms with E-state index in [9.17, 15) is 4.79 Å². The zero-order chi connectivity index (χ0) is 13.3. The van der Waals surface area contributed by atoms with Crippen LogP contribution in [0.25, 0.3) is 0 Å². The van der Waals surface area contributed by atoms with Crippen molar-refractivity contribution in [2.24, 2.45) is 5.73 Å². The van der Waals surface area contributed by atoms with E-state index in [2.05, 4.69) is 12.2 Å². The highest BCUT2D eigenvalue weighted by Gasteiger charge is 2.26. The predicted molar refractivity (Wildman–Crippen MR) is 70.8 cm³/mol. The number of hydrogen-bond acceptors (Lipinski definition) is 3. The monoisotopic (exact) mass is 244 g/mol. The summed E-state index contributed by atoms with van der Waals surface area (Å²) in [7, 11) is 0. The van der Waals surface area contributed by atoms with Gasteiger partial charge in [-0.1, -0.05) is 26.7 Å². The maximum absolute atomic E-state index is 11.7. The fraction of sp³-hybridized carbons (Fsp3) is 0.923. The molecule has 0 saturated heterocycles. The van der Waals surface area contributed by atoms with Crippen molar-refractivity contribution >= 4 is 5.91 Å². The van der Waals surface area contributed by atoms with Crippen LogP contribution in [-0.2, 0) is 9.53 Å². The van der Waals surface area contributed by atoms with Crippen molar-refractivity contribution in [3.8, 4) is 0 Å². The fourth-order valence-corrected chi connectivity index (χ4v) is 1.49. The topological polar surface area (TPSA) is 64.3 Å². The van der Waals surface area contributed by atoms with E-state index in [1.165, 1.54) is 0 Å². The minimum absolute atomic E-state index is 0.0470. The zero-order valence-electron chi connectivity index (χ0n) is 11.7. The maximum atomic E-state index is 11.7. The van der Waals surface area contributed by atoms with Crippen molar-refractivity contribution in [2.75, 3.05) is 13.1 Å². The third-order valence-corrected chi connectivity index (χ3v) is 3.09. The molecule has 0 spiro atoms. The number of amides is 1. The highest BCUT2D eigenvalue weighted by molar-refractivity contribution is 5.80. The Bertz CT molecular complexity index is 215. The van der Waals surface area contributed by atoms with Crippen molar-refractivity contribution in [2.45, 2.75) is 65.1 Å². The third kappa shape index (κ3) is 6.64. The SMILES string of the molecule is CCCCCNC(=O)C(C)OC(C)(CC)CN. The molecule has 0 rings (SSSR count). The van der Waals surface area contributed by atoms with Crippen molar-refractivity contribution < 1.29 is 9.53 Å². The quantitative estimate of drug-likeness (QED) is 0.608. The van der Waals surface area contributed by atoms with Gasteiger partial charge in [-0.15, -0.1) is 0 Å². The van der Waals surface area contributed by atoms with Gasteiger partial charge in [0.1, 0.15) is 6.10 Å². The molecular formula is C13H28N2O2. The van der Waals surface area contributed by atoms with Crippen LogP contribution in [0.3, 0.4) is 0 Å². The lowest BCUT2D eigenvalue weighted by Crippen LogP contribution is -2.45. The van der Waals surface area contributed by atoms with Crippen LogP contribution in [0.5, 0.6) is 0 Å². The van der Waals surface area contributed by atoms with Crippen LogP contribution < -0.4 is 11.1 Å². The molecule has 0 aliphatic rings. The lowest BCUT2D eigenvalue weighted by atomic mass is 10.0. The van der Waals surface area contributed by atoms with Crippen LogP contribution in [0.2, 0.25) is 0 Å². The van der Waals surface area contributed by atoms with Gasteiger partial charge in [0, 0.05) is 13.1 Å². The number of nitrogens with two attached hydrogens (primary N) is 1. The molecule has 0 aliphatic carbocycles. The van der Waals surface area contributed by atoms with Gasteiger partial charge >= 0.3 is 0 Å². The smallest absolute Gasteiger partial charge is 0.248 e. The Labute approximate surface area is 105 Å². The number of nitrogens with one attached hydrogen (secondary N) is 1. The summed E-state index contributed by atoms with van der Waals surface area (Å²) in [5.74, 6) is -0.0470. The highest BCUT2D eigenvalue weighted by atomic mass is 16.5. The van der Waals surface area contributed by atoms with Crippen LogP contribution in [0.15, 0.2) is 0 Å². The van der Waals surface area contributed by atoms with Crippen LogP contribution in [-0.4, -0.2) is 30.7 Å². The average molecular weight is 244 g/mol. The van der Waals surface area contributed by atoms with Crippen molar-refractivity contribution in [3.05, 3.63) is 0 Å². The van der Waals surface area contributed by atoms with Gasteiger partial charge in [-0.25, -0.2) is 0 Å². The first-order valence-corrected chi connectivity index (χ1v) is 6.64. The molecule has 3 N–H and O–H groups in total. The average Bonchev–Trinajstić information content (AvgIpc) is 2.34. The van der Waals surface area contributed by atoms with Crippen LogP contribution in [0.1, 0.15) is 53.4 Å². The summed E-state index contributed by atoms with van der Waals surface area (Å²) >= 11 is 0. The summed E-state index contributed by atoms with van der Waals surface area (Å²) in [6.45, 7) is 9.02. The zero-order valence-corrected chi connectivity index (χ0v) is 11.7. The lowest BCUT2D eigenvalue weighted by Gasteiger charge is -2.30. The molecule has 0 aromatic rings. The van der Waals surface area contributed by atoms with Gasteiger partial charge in [0.25, 0.3) is 0 Å². The summed E-state index contributed by atoms with van der Waals surface area (Å²) in [5.41, 5.74) is 5.25. The maximum Gasteiger partial charge on any atom is 0.248 e. The Morgan fingerprint density at radius 1 is 1.41 bits per heavy atom. The van der Waals surface area contributed by atoms with E-state index < -0.39 is 11.7 Å². The molecule has 0 aliphatic heterocycles. The van der Waals surface area contributed by atoms with Gasteiger partial charge < -0.3 is 15.8 Å². The molecule has 17 heavy (non-hydrogen) atoms. The second-order valence-electron chi connectivity index (χ2n) is 4.77. The lowest BCUT2D eigenvalue weighted by molar-refractivity contribution is -0.143. The summed E-state index contributed by atoms with van der Waals surface area (Å²) in [6, 6.07) is 0. The molecule has 4 nitrogen and oxygen atoms in total. The van der Waals surface area contributed by atoms with Gasteiger partial charge in [-0.2, -0.15) is 0 Å². The molecule has 0 bridgehead atoms. The second kappa shape index (κ2) is 8.48. The molecule has 0 aromatic heterocycles. The van der Waals surface area contributed by atoms with E-state index in [1.54, 1.807) is 6.92 Å². The largest absolute Gasteiger partial charge is 0.361 e. The van der Waals surface area contributed by atoms with Crippen molar-refractivity contribution in [1.29, 1.82) is 0 Å². The van der Waals surface area contributed by atoms with Gasteiger partial charge in [0.15, 0.2) is 0 Å². The van der Waals surface area contributed by atoms with E-state index in [4.69, 9.17) is 10.5 Å². The van der Waals surface area contributed by atoms with E-state index in [-0.39, 0.29) is 5.91 Å². The Balaban J connectivity index is 3.96. The number of unbranched alkanes of at least 4 members (excludes halogenated alkanes) is 2. The van der Waals surface area contributed by atoms with Crippen molar-refractivity contribution in [3.63, 3.8) is 0 Å². The number of ether oxygens (including phenoxy) is 1. The van der Waals surface area contributed by atoms with E-state index in [1.807, 2.05) is 13.8 Å². The van der Waals surface area contributed by atoms with E-state index >= 15 is 0 Å². The number of carbonyl (C=O) groups is 1. The Hall–Kier alpha value is -0.610. The summed E-state index contributed by atoms with van der Waals surface area (Å²) in [4.78, 5) is 11.7. The Kier molecular flexibility index (Phi) is 8.17. The van der Waals surface area contributed by atoms with Gasteiger partial charge in [-0.3, -0.25) is 4.79 Å². The minimum Gasteiger partial charge on any atom is -0.361 e. The first-order chi connectivity index (χ1) is 7.99. The fourth-order valence-electron chi connectivity index (χ4n) is 1.49. The normalized spacial score (nSPS) is 16.3. The number of carbonyl (C=O) groups excluding carboxylic acids is 1. The first-order valence-electron chi connectivity index (χ1n) is 6.64. The second-order valence-corrected chi connectivity index (χ2v) is 4.77. The number of hydrogen-bond donors (Lipinski definition) is 2. The van der Waals surface area contributed by atoms with E-state index in [0.717, 1.165) is 32.2 Å². The first kappa shape index (κ1) is 16.4. The molecular weight excluding hydrogens is 216 g/mol. The molecule has 0 saturated carbocycles. The molecule has 2 atom stereocenters. The van der Waals surface area contributed by atoms with Gasteiger partial charge in [0.2, 0.25) is 5.91 Å². The van der Waals surface area contributed by atoms with Crippen LogP contribution in [0.4, 0.5) is 0 Å². The molecule has 0 fully saturated rings. The van der Waals surface area contributed by atoms with E-state index in [0.29, 0.717) is 6.54 Å². The summed E-state index contributed by atoms with van der Waals surface area (Å²) < 4.78 is 5.72. The molecule has 102 valence electrons. The summed E-state index contributed by atoms with van der Waals surface area (Å²) in [5, 5.41) is 2.88. The molecule has 4 heteroatoms. The predicted octanol–water partition coefficient (Wildman–Crippen LogP) is 1.83. The molecule has 2 unspecified atom stereocenters. The van der Waals surface area contributed by atoms with Crippen LogP contribution in [0, 0.1) is 0 Å². The highest BCUT2D eigenvalue weighted by Crippen LogP contribution is 2.15. The van der Waals surface area contributed by atoms with Gasteiger partial charge in [-0.05, 0) is 26.7 Å². The Morgan fingerprint density at radius 2 is 2.06 bits per heavy atom. The molecule has 0 aromatic carbocycles. The van der Waals surface area contributed by atoms with Crippen molar-refractivity contribution in [1.82, 2.24) is 5.32 Å². The summed E-state index contributed by atoms with van der Waals surface area (Å²) in [6.07, 6.45) is 3.69. The Morgan fingerprint density at radius 3 is 2.53 bits per heavy atom. The molecule has 0 heterocycles. The minimum atomic E-state index is -0.440. The van der Waals surface area contributed by atoms with Gasteiger partial charge in [0.05, 0.1) is 5.60 Å². The third-order valence-electron chi connectivity index (χ3n) is 3.09.